The molecule has 1 aliphatic heterocycles. The van der Waals surface area contributed by atoms with E-state index in [2.05, 4.69) is 21.2 Å². The maximum Gasteiger partial charge on any atom is 0.335 e. The molecule has 4 amide bonds. The Kier molecular flexibility index (Phi) is 4.95. The van der Waals surface area contributed by atoms with Gasteiger partial charge in [0.25, 0.3) is 11.8 Å². The van der Waals surface area contributed by atoms with Gasteiger partial charge < -0.3 is 4.42 Å². The highest BCUT2D eigenvalue weighted by Gasteiger charge is 2.37. The smallest absolute Gasteiger partial charge is 0.335 e. The largest absolute Gasteiger partial charge is 0.457 e. The number of carbonyl (C=O) groups is 3. The van der Waals surface area contributed by atoms with E-state index in [1.54, 1.807) is 24.3 Å². The summed E-state index contributed by atoms with van der Waals surface area (Å²) < 4.78 is 6.76. The Morgan fingerprint density at radius 1 is 0.844 bits per heavy atom. The van der Waals surface area contributed by atoms with Crippen molar-refractivity contribution in [3.8, 4) is 11.3 Å². The third-order valence-corrected chi connectivity index (χ3v) is 5.68. The van der Waals surface area contributed by atoms with Crippen LogP contribution in [0.3, 0.4) is 0 Å². The molecule has 7 heteroatoms. The second-order valence-electron chi connectivity index (χ2n) is 7.17. The zero-order valence-corrected chi connectivity index (χ0v) is 18.1. The number of imide groups is 2. The van der Waals surface area contributed by atoms with Crippen molar-refractivity contribution in [3.63, 3.8) is 0 Å². The number of urea groups is 1. The number of anilines is 1. The molecule has 3 aromatic carbocycles. The van der Waals surface area contributed by atoms with Gasteiger partial charge in [-0.3, -0.25) is 14.9 Å². The average molecular weight is 487 g/mol. The van der Waals surface area contributed by atoms with Crippen LogP contribution < -0.4 is 10.2 Å². The molecule has 0 aliphatic carbocycles. The number of benzene rings is 3. The molecule has 1 saturated heterocycles. The highest BCUT2D eigenvalue weighted by Crippen LogP contribution is 2.30. The van der Waals surface area contributed by atoms with E-state index < -0.39 is 17.8 Å². The lowest BCUT2D eigenvalue weighted by Gasteiger charge is -2.27. The number of barbiturate groups is 1. The molecule has 0 unspecified atom stereocenters. The predicted molar refractivity (Wildman–Crippen MR) is 125 cm³/mol. The average Bonchev–Trinajstić information content (AvgIpc) is 3.26. The van der Waals surface area contributed by atoms with Crippen LogP contribution in [0.2, 0.25) is 0 Å². The van der Waals surface area contributed by atoms with Gasteiger partial charge in [0.05, 0.1) is 5.69 Å². The topological polar surface area (TPSA) is 79.6 Å². The van der Waals surface area contributed by atoms with E-state index >= 15 is 0 Å². The third kappa shape index (κ3) is 3.52. The minimum Gasteiger partial charge on any atom is -0.457 e. The van der Waals surface area contributed by atoms with Crippen molar-refractivity contribution in [2.45, 2.75) is 0 Å². The van der Waals surface area contributed by atoms with Crippen molar-refractivity contribution < 1.29 is 18.8 Å². The summed E-state index contributed by atoms with van der Waals surface area (Å²) in [5.74, 6) is -0.557. The molecular weight excluding hydrogens is 472 g/mol. The maximum absolute atomic E-state index is 13.2. The lowest BCUT2D eigenvalue weighted by atomic mass is 10.1. The van der Waals surface area contributed by atoms with Crippen LogP contribution in [-0.4, -0.2) is 17.8 Å². The summed E-state index contributed by atoms with van der Waals surface area (Å²) in [5.41, 5.74) is 1.07. The van der Waals surface area contributed by atoms with Crippen LogP contribution >= 0.6 is 15.9 Å². The predicted octanol–water partition coefficient (Wildman–Crippen LogP) is 5.53. The summed E-state index contributed by atoms with van der Waals surface area (Å²) in [6.45, 7) is 0. The number of hydrogen-bond donors (Lipinski definition) is 1. The van der Waals surface area contributed by atoms with Crippen molar-refractivity contribution in [2.24, 2.45) is 0 Å². The molecule has 1 fully saturated rings. The first-order valence-corrected chi connectivity index (χ1v) is 10.6. The Morgan fingerprint density at radius 3 is 2.41 bits per heavy atom. The van der Waals surface area contributed by atoms with Crippen molar-refractivity contribution in [1.29, 1.82) is 0 Å². The number of nitrogens with one attached hydrogen (secondary N) is 1. The maximum atomic E-state index is 13.2. The molecule has 0 atom stereocenters. The van der Waals surface area contributed by atoms with Crippen LogP contribution in [0.4, 0.5) is 10.5 Å². The molecular formula is C25H15BrN2O4. The fourth-order valence-electron chi connectivity index (χ4n) is 3.62. The van der Waals surface area contributed by atoms with E-state index in [1.165, 1.54) is 6.08 Å². The molecule has 0 radical (unpaired) electrons. The van der Waals surface area contributed by atoms with Crippen LogP contribution in [0.5, 0.6) is 0 Å². The van der Waals surface area contributed by atoms with E-state index in [1.807, 2.05) is 54.6 Å². The number of rotatable bonds is 3. The van der Waals surface area contributed by atoms with Crippen LogP contribution in [0.1, 0.15) is 5.76 Å². The summed E-state index contributed by atoms with van der Waals surface area (Å²) in [7, 11) is 0. The highest BCUT2D eigenvalue weighted by atomic mass is 79.9. The summed E-state index contributed by atoms with van der Waals surface area (Å²) in [6.07, 6.45) is 1.35. The highest BCUT2D eigenvalue weighted by molar-refractivity contribution is 9.10. The van der Waals surface area contributed by atoms with E-state index in [9.17, 15) is 14.4 Å². The quantitative estimate of drug-likeness (QED) is 0.305. The summed E-state index contributed by atoms with van der Waals surface area (Å²) >= 11 is 3.39. The Hall–Kier alpha value is -3.97. The molecule has 0 saturated carbocycles. The molecule has 0 spiro atoms. The van der Waals surface area contributed by atoms with Crippen molar-refractivity contribution in [3.05, 3.63) is 94.7 Å². The van der Waals surface area contributed by atoms with Gasteiger partial charge in [-0.1, -0.05) is 64.5 Å². The monoisotopic (exact) mass is 486 g/mol. The summed E-state index contributed by atoms with van der Waals surface area (Å²) in [6, 6.07) is 22.9. The molecule has 4 aromatic rings. The first kappa shape index (κ1) is 20.0. The number of fused-ring (bicyclic) bond motifs is 1. The zero-order valence-electron chi connectivity index (χ0n) is 16.5. The van der Waals surface area contributed by atoms with Gasteiger partial charge >= 0.3 is 6.03 Å². The van der Waals surface area contributed by atoms with E-state index in [0.29, 0.717) is 17.2 Å². The second-order valence-corrected chi connectivity index (χ2v) is 8.08. The van der Waals surface area contributed by atoms with Crippen molar-refractivity contribution in [1.82, 2.24) is 5.32 Å². The Bertz CT molecular complexity index is 1410. The molecule has 1 N–H and O–H groups in total. The molecule has 6 nitrogen and oxygen atoms in total. The Balaban J connectivity index is 1.53. The van der Waals surface area contributed by atoms with Gasteiger partial charge in [0.2, 0.25) is 0 Å². The summed E-state index contributed by atoms with van der Waals surface area (Å²) in [5, 5.41) is 3.85. The fraction of sp³-hybridized carbons (Fsp3) is 0. The zero-order chi connectivity index (χ0) is 22.2. The minimum atomic E-state index is -0.788. The number of halogens is 1. The van der Waals surface area contributed by atoms with Gasteiger partial charge in [0.1, 0.15) is 17.1 Å². The number of hydrogen-bond acceptors (Lipinski definition) is 4. The number of furan rings is 1. The number of nitrogens with zero attached hydrogens (tertiary/aromatic N) is 1. The van der Waals surface area contributed by atoms with Crippen LogP contribution in [-0.2, 0) is 9.59 Å². The second kappa shape index (κ2) is 7.94. The SMILES string of the molecule is O=C1NC(=O)N(c2cccc3ccccc23)C(=O)/C1=C\c1ccc(-c2ccc(Br)cc2)o1. The summed E-state index contributed by atoms with van der Waals surface area (Å²) in [4.78, 5) is 39.3. The van der Waals surface area contributed by atoms with Gasteiger partial charge in [0, 0.05) is 15.4 Å². The lowest BCUT2D eigenvalue weighted by Crippen LogP contribution is -2.54. The lowest BCUT2D eigenvalue weighted by molar-refractivity contribution is -0.122. The van der Waals surface area contributed by atoms with Crippen molar-refractivity contribution >= 4 is 56.3 Å². The molecule has 0 bridgehead atoms. The van der Waals surface area contributed by atoms with Gasteiger partial charge in [0.15, 0.2) is 0 Å². The molecule has 5 rings (SSSR count). The van der Waals surface area contributed by atoms with E-state index in [-0.39, 0.29) is 5.57 Å². The molecule has 156 valence electrons. The first-order chi connectivity index (χ1) is 15.5. The first-order valence-electron chi connectivity index (χ1n) is 9.76. The van der Waals surface area contributed by atoms with Crippen LogP contribution in [0, 0.1) is 0 Å². The van der Waals surface area contributed by atoms with E-state index in [4.69, 9.17) is 4.42 Å². The van der Waals surface area contributed by atoms with Crippen molar-refractivity contribution in [2.75, 3.05) is 4.90 Å². The standard InChI is InChI=1S/C25H15BrN2O4/c26-17-10-8-16(9-11-17)22-13-12-18(32-22)14-20-23(29)27-25(31)28(24(20)30)21-7-3-5-15-4-1-2-6-19(15)21/h1-14H,(H,27,29,31)/b20-14-. The molecule has 1 aliphatic rings. The molecule has 2 heterocycles. The normalized spacial score (nSPS) is 15.5. The fourth-order valence-corrected chi connectivity index (χ4v) is 3.89. The van der Waals surface area contributed by atoms with Crippen LogP contribution in [0.15, 0.2) is 93.3 Å². The Morgan fingerprint density at radius 2 is 1.59 bits per heavy atom. The van der Waals surface area contributed by atoms with E-state index in [0.717, 1.165) is 25.7 Å². The Labute approximate surface area is 191 Å². The van der Waals surface area contributed by atoms with Gasteiger partial charge in [-0.05, 0) is 41.8 Å². The minimum absolute atomic E-state index is 0.186. The number of carbonyl (C=O) groups excluding carboxylic acids is 3. The molecule has 32 heavy (non-hydrogen) atoms. The molecule has 1 aromatic heterocycles. The van der Waals surface area contributed by atoms with Gasteiger partial charge in [-0.15, -0.1) is 0 Å². The third-order valence-electron chi connectivity index (χ3n) is 5.15. The van der Waals surface area contributed by atoms with Gasteiger partial charge in [-0.25, -0.2) is 9.69 Å². The van der Waals surface area contributed by atoms with Gasteiger partial charge in [-0.2, -0.15) is 0 Å². The number of amides is 4. The van der Waals surface area contributed by atoms with Crippen LogP contribution in [0.25, 0.3) is 28.2 Å².